The van der Waals surface area contributed by atoms with Crippen LogP contribution in [0.1, 0.15) is 52.5 Å². The molecule has 1 rings (SSSR count). The van der Waals surface area contributed by atoms with Crippen molar-refractivity contribution >= 4 is 5.69 Å². The van der Waals surface area contributed by atoms with Crippen LogP contribution in [0.5, 0.6) is 0 Å². The molecule has 0 N–H and O–H groups in total. The van der Waals surface area contributed by atoms with Crippen molar-refractivity contribution in [1.29, 1.82) is 0 Å². The van der Waals surface area contributed by atoms with E-state index in [1.165, 1.54) is 11.3 Å². The van der Waals surface area contributed by atoms with Crippen LogP contribution in [-0.2, 0) is 9.47 Å². The van der Waals surface area contributed by atoms with Crippen LogP contribution in [-0.4, -0.2) is 38.5 Å². The van der Waals surface area contributed by atoms with Gasteiger partial charge in [0, 0.05) is 25.4 Å². The zero-order chi connectivity index (χ0) is 17.1. The summed E-state index contributed by atoms with van der Waals surface area (Å²) in [6, 6.07) is 8.67. The standard InChI is InChI=1S/C20H35NO2/c1-6-18(5)22-14-12-20(7-2)23-15-13-21(8-3)19-11-9-10-17(4)16-19/h9-11,16,18,20H,6-8,12-15H2,1-5H3. The number of likely N-dealkylation sites (N-methyl/N-ethyl adjacent to an activating group) is 1. The Balaban J connectivity index is 2.34. The SMILES string of the molecule is CCC(C)OCCC(CC)OCCN(CC)c1cccc(C)c1. The van der Waals surface area contributed by atoms with Crippen molar-refractivity contribution < 1.29 is 9.47 Å². The smallest absolute Gasteiger partial charge is 0.0645 e. The fraction of sp³-hybridized carbons (Fsp3) is 0.700. The number of ether oxygens (including phenoxy) is 2. The molecule has 0 aromatic heterocycles. The van der Waals surface area contributed by atoms with Crippen molar-refractivity contribution in [3.63, 3.8) is 0 Å². The number of nitrogens with zero attached hydrogens (tertiary/aromatic N) is 1. The summed E-state index contributed by atoms with van der Waals surface area (Å²) in [7, 11) is 0. The second kappa shape index (κ2) is 11.5. The summed E-state index contributed by atoms with van der Waals surface area (Å²) in [5.41, 5.74) is 2.58. The van der Waals surface area contributed by atoms with Gasteiger partial charge >= 0.3 is 0 Å². The molecule has 0 spiro atoms. The fourth-order valence-electron chi connectivity index (χ4n) is 2.55. The van der Waals surface area contributed by atoms with Crippen LogP contribution < -0.4 is 4.90 Å². The maximum atomic E-state index is 6.07. The van der Waals surface area contributed by atoms with Gasteiger partial charge in [-0.25, -0.2) is 0 Å². The highest BCUT2D eigenvalue weighted by Crippen LogP contribution is 2.15. The monoisotopic (exact) mass is 321 g/mol. The molecule has 0 saturated carbocycles. The van der Waals surface area contributed by atoms with Crippen molar-refractivity contribution in [1.82, 2.24) is 0 Å². The van der Waals surface area contributed by atoms with Crippen molar-refractivity contribution in [3.05, 3.63) is 29.8 Å². The van der Waals surface area contributed by atoms with Crippen LogP contribution in [0.15, 0.2) is 24.3 Å². The molecule has 3 heteroatoms. The van der Waals surface area contributed by atoms with Gasteiger partial charge in [0.25, 0.3) is 0 Å². The average Bonchev–Trinajstić information content (AvgIpc) is 2.56. The van der Waals surface area contributed by atoms with Crippen molar-refractivity contribution in [3.8, 4) is 0 Å². The third-order valence-corrected chi connectivity index (χ3v) is 4.34. The average molecular weight is 322 g/mol. The molecule has 0 amide bonds. The van der Waals surface area contributed by atoms with Gasteiger partial charge < -0.3 is 14.4 Å². The Morgan fingerprint density at radius 2 is 1.83 bits per heavy atom. The number of hydrogen-bond donors (Lipinski definition) is 0. The van der Waals surface area contributed by atoms with Crippen molar-refractivity contribution in [2.24, 2.45) is 0 Å². The maximum absolute atomic E-state index is 6.07. The Hall–Kier alpha value is -1.06. The summed E-state index contributed by atoms with van der Waals surface area (Å²) in [6.07, 6.45) is 3.75. The largest absolute Gasteiger partial charge is 0.378 e. The molecule has 0 radical (unpaired) electrons. The number of anilines is 1. The molecule has 0 aliphatic rings. The predicted octanol–water partition coefficient (Wildman–Crippen LogP) is 4.82. The van der Waals surface area contributed by atoms with Crippen molar-refractivity contribution in [2.75, 3.05) is 31.2 Å². The highest BCUT2D eigenvalue weighted by molar-refractivity contribution is 5.48. The van der Waals surface area contributed by atoms with E-state index in [1.54, 1.807) is 0 Å². The maximum Gasteiger partial charge on any atom is 0.0645 e. The summed E-state index contributed by atoms with van der Waals surface area (Å²) < 4.78 is 11.8. The molecule has 0 aliphatic heterocycles. The van der Waals surface area contributed by atoms with Crippen LogP contribution in [0.25, 0.3) is 0 Å². The molecule has 132 valence electrons. The van der Waals surface area contributed by atoms with E-state index in [4.69, 9.17) is 9.47 Å². The normalized spacial score (nSPS) is 13.8. The highest BCUT2D eigenvalue weighted by atomic mass is 16.5. The lowest BCUT2D eigenvalue weighted by atomic mass is 10.2. The second-order valence-corrected chi connectivity index (χ2v) is 6.20. The van der Waals surface area contributed by atoms with Gasteiger partial charge in [0.15, 0.2) is 0 Å². The van der Waals surface area contributed by atoms with E-state index >= 15 is 0 Å². The van der Waals surface area contributed by atoms with E-state index in [0.717, 1.165) is 45.6 Å². The highest BCUT2D eigenvalue weighted by Gasteiger charge is 2.10. The van der Waals surface area contributed by atoms with Gasteiger partial charge in [-0.3, -0.25) is 0 Å². The van der Waals surface area contributed by atoms with Gasteiger partial charge in [0.2, 0.25) is 0 Å². The van der Waals surface area contributed by atoms with E-state index in [-0.39, 0.29) is 0 Å². The third kappa shape index (κ3) is 7.85. The van der Waals surface area contributed by atoms with E-state index in [9.17, 15) is 0 Å². The van der Waals surface area contributed by atoms with Crippen LogP contribution >= 0.6 is 0 Å². The van der Waals surface area contributed by atoms with Gasteiger partial charge in [-0.05, 0) is 57.7 Å². The van der Waals surface area contributed by atoms with Gasteiger partial charge in [0.05, 0.1) is 18.8 Å². The summed E-state index contributed by atoms with van der Waals surface area (Å²) >= 11 is 0. The Bertz CT molecular complexity index is 422. The van der Waals surface area contributed by atoms with Crippen LogP contribution in [0, 0.1) is 6.92 Å². The molecule has 1 aromatic carbocycles. The van der Waals surface area contributed by atoms with E-state index < -0.39 is 0 Å². The first kappa shape index (κ1) is 20.0. The van der Waals surface area contributed by atoms with Crippen molar-refractivity contribution in [2.45, 2.75) is 66.1 Å². The quantitative estimate of drug-likeness (QED) is 0.551. The molecular weight excluding hydrogens is 286 g/mol. The van der Waals surface area contributed by atoms with Gasteiger partial charge in [-0.15, -0.1) is 0 Å². The lowest BCUT2D eigenvalue weighted by molar-refractivity contribution is 0.00345. The molecule has 2 unspecified atom stereocenters. The minimum Gasteiger partial charge on any atom is -0.378 e. The van der Waals surface area contributed by atoms with Gasteiger partial charge in [-0.1, -0.05) is 26.0 Å². The number of hydrogen-bond acceptors (Lipinski definition) is 3. The molecular formula is C20H35NO2. The lowest BCUT2D eigenvalue weighted by Gasteiger charge is -2.25. The van der Waals surface area contributed by atoms with Crippen LogP contribution in [0.2, 0.25) is 0 Å². The topological polar surface area (TPSA) is 21.7 Å². The minimum atomic E-state index is 0.301. The molecule has 0 aliphatic carbocycles. The van der Waals surface area contributed by atoms with E-state index in [1.807, 2.05) is 0 Å². The van der Waals surface area contributed by atoms with Gasteiger partial charge in [-0.2, -0.15) is 0 Å². The summed E-state index contributed by atoms with van der Waals surface area (Å²) in [6.45, 7) is 14.3. The van der Waals surface area contributed by atoms with Crippen LogP contribution in [0.4, 0.5) is 5.69 Å². The molecule has 0 bridgehead atoms. The number of aryl methyl sites for hydroxylation is 1. The lowest BCUT2D eigenvalue weighted by Crippen LogP contribution is -2.29. The molecule has 3 nitrogen and oxygen atoms in total. The fourth-order valence-corrected chi connectivity index (χ4v) is 2.55. The Labute approximate surface area is 143 Å². The minimum absolute atomic E-state index is 0.301. The summed E-state index contributed by atoms with van der Waals surface area (Å²) in [5, 5.41) is 0. The zero-order valence-electron chi connectivity index (χ0n) is 15.7. The third-order valence-electron chi connectivity index (χ3n) is 4.34. The Morgan fingerprint density at radius 3 is 2.43 bits per heavy atom. The predicted molar refractivity (Wildman–Crippen MR) is 99.4 cm³/mol. The Kier molecular flexibility index (Phi) is 9.97. The summed E-state index contributed by atoms with van der Waals surface area (Å²) in [4.78, 5) is 2.37. The van der Waals surface area contributed by atoms with Crippen LogP contribution in [0.3, 0.4) is 0 Å². The molecule has 0 heterocycles. The van der Waals surface area contributed by atoms with E-state index in [0.29, 0.717) is 12.2 Å². The number of benzene rings is 1. The molecule has 0 saturated heterocycles. The van der Waals surface area contributed by atoms with E-state index in [2.05, 4.69) is 63.8 Å². The zero-order valence-corrected chi connectivity index (χ0v) is 15.7. The second-order valence-electron chi connectivity index (χ2n) is 6.20. The first-order valence-electron chi connectivity index (χ1n) is 9.15. The molecule has 1 aromatic rings. The molecule has 23 heavy (non-hydrogen) atoms. The first-order valence-corrected chi connectivity index (χ1v) is 9.15. The molecule has 2 atom stereocenters. The Morgan fingerprint density at radius 1 is 1.04 bits per heavy atom. The number of rotatable bonds is 12. The summed E-state index contributed by atoms with van der Waals surface area (Å²) in [5.74, 6) is 0. The van der Waals surface area contributed by atoms with Gasteiger partial charge in [0.1, 0.15) is 0 Å². The molecule has 0 fully saturated rings. The first-order chi connectivity index (χ1) is 11.1.